The van der Waals surface area contributed by atoms with Crippen molar-refractivity contribution in [1.29, 1.82) is 5.26 Å². The van der Waals surface area contributed by atoms with Crippen LogP contribution in [-0.4, -0.2) is 40.1 Å². The predicted octanol–water partition coefficient (Wildman–Crippen LogP) is 7.47. The summed E-state index contributed by atoms with van der Waals surface area (Å²) in [5, 5.41) is 12.1. The van der Waals surface area contributed by atoms with Crippen LogP contribution in [0.1, 0.15) is 35.2 Å². The minimum atomic E-state index is -0.736. The lowest BCUT2D eigenvalue weighted by atomic mass is 9.99. The van der Waals surface area contributed by atoms with Crippen molar-refractivity contribution in [2.45, 2.75) is 19.4 Å². The molecule has 242 valence electrons. The monoisotopic (exact) mass is 720 g/mol. The van der Waals surface area contributed by atoms with Crippen LogP contribution in [0.3, 0.4) is 0 Å². The van der Waals surface area contributed by atoms with Gasteiger partial charge in [0.15, 0.2) is 11.8 Å². The van der Waals surface area contributed by atoms with Crippen LogP contribution in [-0.2, 0) is 20.8 Å². The summed E-state index contributed by atoms with van der Waals surface area (Å²) < 4.78 is 6.14. The Labute approximate surface area is 293 Å². The third kappa shape index (κ3) is 8.97. The number of thioether (sulfide) groups is 1. The van der Waals surface area contributed by atoms with E-state index in [9.17, 15) is 14.4 Å². The van der Waals surface area contributed by atoms with Gasteiger partial charge in [0.2, 0.25) is 5.91 Å². The molecule has 0 spiro atoms. The normalized spacial score (nSPS) is 14.2. The van der Waals surface area contributed by atoms with Gasteiger partial charge in [-0.25, -0.2) is 0 Å². The second-order valence-electron chi connectivity index (χ2n) is 10.2. The zero-order valence-corrected chi connectivity index (χ0v) is 28.7. The lowest BCUT2D eigenvalue weighted by molar-refractivity contribution is -0.126. The van der Waals surface area contributed by atoms with E-state index in [1.807, 2.05) is 66.7 Å². The van der Waals surface area contributed by atoms with Crippen molar-refractivity contribution in [1.82, 2.24) is 10.2 Å². The highest BCUT2D eigenvalue weighted by Crippen LogP contribution is 2.34. The number of allylic oxidation sites excluding steroid dienone is 5. The van der Waals surface area contributed by atoms with Crippen molar-refractivity contribution >= 4 is 56.7 Å². The number of rotatable bonds is 13. The summed E-state index contributed by atoms with van der Waals surface area (Å²) in [7, 11) is 0. The molecule has 0 saturated heterocycles. The number of amides is 3. The van der Waals surface area contributed by atoms with Gasteiger partial charge in [-0.1, -0.05) is 103 Å². The average Bonchev–Trinajstić information content (AvgIpc) is 3.09. The molecule has 1 heterocycles. The number of nitrogens with zero attached hydrogens (tertiary/aromatic N) is 3. The number of nitriles is 1. The second kappa shape index (κ2) is 17.6. The molecule has 0 unspecified atom stereocenters. The summed E-state index contributed by atoms with van der Waals surface area (Å²) in [5.41, 5.74) is 3.37. The Morgan fingerprint density at radius 3 is 2.35 bits per heavy atom. The third-order valence-corrected chi connectivity index (χ3v) is 8.54. The summed E-state index contributed by atoms with van der Waals surface area (Å²) in [6.07, 6.45) is 10.2. The summed E-state index contributed by atoms with van der Waals surface area (Å²) in [5.74, 6) is -1.26. The minimum Gasteiger partial charge on any atom is -0.477 e. The molecule has 1 aliphatic heterocycles. The van der Waals surface area contributed by atoms with Gasteiger partial charge >= 0.3 is 0 Å². The summed E-state index contributed by atoms with van der Waals surface area (Å²) in [4.78, 5) is 46.5. The fourth-order valence-corrected chi connectivity index (χ4v) is 6.33. The molecule has 4 rings (SSSR count). The maximum Gasteiger partial charge on any atom is 0.285 e. The number of nitrogens with one attached hydrogen (secondary N) is 1. The molecule has 1 aliphatic rings. The van der Waals surface area contributed by atoms with E-state index in [1.165, 1.54) is 11.0 Å². The first kappa shape index (κ1) is 35.6. The van der Waals surface area contributed by atoms with E-state index in [2.05, 4.69) is 39.4 Å². The van der Waals surface area contributed by atoms with Gasteiger partial charge in [-0.15, -0.1) is 6.58 Å². The van der Waals surface area contributed by atoms with Crippen LogP contribution in [0.5, 0.6) is 5.75 Å². The molecule has 0 bridgehead atoms. The molecule has 10 heteroatoms. The molecule has 0 saturated carbocycles. The van der Waals surface area contributed by atoms with Crippen molar-refractivity contribution in [2.24, 2.45) is 4.99 Å². The van der Waals surface area contributed by atoms with Gasteiger partial charge in [-0.2, -0.15) is 10.3 Å². The van der Waals surface area contributed by atoms with E-state index in [1.54, 1.807) is 49.4 Å². The van der Waals surface area contributed by atoms with Gasteiger partial charge in [-0.3, -0.25) is 19.3 Å². The fourth-order valence-electron chi connectivity index (χ4n) is 4.89. The van der Waals surface area contributed by atoms with E-state index in [0.717, 1.165) is 22.9 Å². The van der Waals surface area contributed by atoms with Crippen molar-refractivity contribution in [3.05, 3.63) is 154 Å². The number of amidine groups is 1. The quantitative estimate of drug-likeness (QED) is 0.0849. The Bertz CT molecular complexity index is 1820. The number of hydrogen-bond acceptors (Lipinski definition) is 6. The number of carbonyl (C=O) groups is 3. The molecular formula is C38H33BrN4O4S. The van der Waals surface area contributed by atoms with Gasteiger partial charge in [0.1, 0.15) is 17.4 Å². The highest BCUT2D eigenvalue weighted by molar-refractivity contribution is 9.10. The van der Waals surface area contributed by atoms with Crippen LogP contribution in [0.4, 0.5) is 0 Å². The van der Waals surface area contributed by atoms with E-state index in [0.29, 0.717) is 33.5 Å². The van der Waals surface area contributed by atoms with Crippen molar-refractivity contribution < 1.29 is 19.1 Å². The lowest BCUT2D eigenvalue weighted by Crippen LogP contribution is -2.42. The standard InChI is InChI=1S/C38H33BrN4O4S/c1-4-7-19-30(6-3)43-37(46)31(23-26-22-29(14-5-2)35(32(39)24-26)47-21-20-40)36(45)42-38(43)48-25-33(44)41-34(27-15-10-8-11-16-27)28-17-12-9-13-18-28/h4-13,15-19,22-24,34H,1-2,14,21,25H2,3H3,(H,41,44)/b19-7-,30-6+,31-23+. The first-order chi connectivity index (χ1) is 23.3. The third-order valence-electron chi connectivity index (χ3n) is 7.01. The van der Waals surface area contributed by atoms with Crippen LogP contribution < -0.4 is 10.1 Å². The Morgan fingerprint density at radius 1 is 1.10 bits per heavy atom. The molecule has 48 heavy (non-hydrogen) atoms. The van der Waals surface area contributed by atoms with Crippen LogP contribution in [0.25, 0.3) is 6.08 Å². The average molecular weight is 722 g/mol. The number of carbonyl (C=O) groups excluding carboxylic acids is 3. The van der Waals surface area contributed by atoms with E-state index < -0.39 is 17.9 Å². The summed E-state index contributed by atoms with van der Waals surface area (Å²) >= 11 is 4.48. The number of halogens is 1. The second-order valence-corrected chi connectivity index (χ2v) is 12.0. The van der Waals surface area contributed by atoms with Gasteiger partial charge < -0.3 is 10.1 Å². The molecule has 3 aromatic carbocycles. The largest absolute Gasteiger partial charge is 0.477 e. The SMILES string of the molecule is C=C/C=C\C(=C/C)N1C(=O)/C(=C/c2cc(Br)c(OCC#N)c(CC=C)c2)C(=O)N=C1SCC(=O)NC(c1ccccc1)c1ccccc1. The number of benzene rings is 3. The van der Waals surface area contributed by atoms with Crippen LogP contribution in [0.2, 0.25) is 0 Å². The van der Waals surface area contributed by atoms with Crippen molar-refractivity contribution in [2.75, 3.05) is 12.4 Å². The Hall–Kier alpha value is -5.24. The molecule has 8 nitrogen and oxygen atoms in total. The van der Waals surface area contributed by atoms with Gasteiger partial charge in [-0.05, 0) is 75.8 Å². The Morgan fingerprint density at radius 2 is 1.77 bits per heavy atom. The van der Waals surface area contributed by atoms with Crippen LogP contribution >= 0.6 is 27.7 Å². The number of ether oxygens (including phenoxy) is 1. The maximum atomic E-state index is 14.1. The van der Waals surface area contributed by atoms with Gasteiger partial charge in [0.25, 0.3) is 11.8 Å². The zero-order chi connectivity index (χ0) is 34.5. The topological polar surface area (TPSA) is 112 Å². The fraction of sp³-hybridized carbons (Fsp3) is 0.132. The van der Waals surface area contributed by atoms with Crippen LogP contribution in [0.15, 0.2) is 137 Å². The van der Waals surface area contributed by atoms with E-state index in [-0.39, 0.29) is 29.0 Å². The first-order valence-corrected chi connectivity index (χ1v) is 16.7. The summed E-state index contributed by atoms with van der Waals surface area (Å²) in [6, 6.07) is 24.3. The van der Waals surface area contributed by atoms with Crippen molar-refractivity contribution in [3.63, 3.8) is 0 Å². The first-order valence-electron chi connectivity index (χ1n) is 14.9. The molecule has 3 amide bonds. The Kier molecular flexibility index (Phi) is 13.1. The van der Waals surface area contributed by atoms with Gasteiger partial charge in [0.05, 0.1) is 16.3 Å². The molecule has 0 aliphatic carbocycles. The number of aliphatic imine (C=N–C) groups is 1. The van der Waals surface area contributed by atoms with Crippen molar-refractivity contribution in [3.8, 4) is 11.8 Å². The summed E-state index contributed by atoms with van der Waals surface area (Å²) in [6.45, 7) is 9.12. The zero-order valence-electron chi connectivity index (χ0n) is 26.3. The highest BCUT2D eigenvalue weighted by Gasteiger charge is 2.35. The minimum absolute atomic E-state index is 0.0730. The van der Waals surface area contributed by atoms with E-state index in [4.69, 9.17) is 10.00 Å². The molecule has 0 radical (unpaired) electrons. The molecule has 0 fully saturated rings. The molecule has 1 N–H and O–H groups in total. The highest BCUT2D eigenvalue weighted by atomic mass is 79.9. The van der Waals surface area contributed by atoms with Gasteiger partial charge in [0, 0.05) is 5.70 Å². The molecule has 3 aromatic rings. The number of hydrogen-bond donors (Lipinski definition) is 1. The smallest absolute Gasteiger partial charge is 0.285 e. The van der Waals surface area contributed by atoms with Crippen LogP contribution in [0, 0.1) is 11.3 Å². The van der Waals surface area contributed by atoms with E-state index >= 15 is 0 Å². The molecule has 0 aromatic heterocycles. The Balaban J connectivity index is 1.66. The molecule has 0 atom stereocenters. The lowest BCUT2D eigenvalue weighted by Gasteiger charge is -2.28. The molecular weight excluding hydrogens is 688 g/mol. The predicted molar refractivity (Wildman–Crippen MR) is 195 cm³/mol. The maximum absolute atomic E-state index is 14.1.